The first-order valence-corrected chi connectivity index (χ1v) is 8.81. The zero-order valence-electron chi connectivity index (χ0n) is 13.7. The summed E-state index contributed by atoms with van der Waals surface area (Å²) >= 11 is 12.0. The van der Waals surface area contributed by atoms with Crippen molar-refractivity contribution >= 4 is 35.1 Å². The highest BCUT2D eigenvalue weighted by atomic mass is 35.5. The van der Waals surface area contributed by atoms with E-state index in [0.717, 1.165) is 0 Å². The van der Waals surface area contributed by atoms with Crippen molar-refractivity contribution in [3.63, 3.8) is 0 Å². The van der Waals surface area contributed by atoms with E-state index in [2.05, 4.69) is 4.98 Å². The lowest BCUT2D eigenvalue weighted by molar-refractivity contribution is -0.143. The van der Waals surface area contributed by atoms with E-state index in [4.69, 9.17) is 33.0 Å². The van der Waals surface area contributed by atoms with Crippen molar-refractivity contribution in [3.05, 3.63) is 52.1 Å². The molecule has 2 heterocycles. The van der Waals surface area contributed by atoms with Crippen LogP contribution in [-0.4, -0.2) is 40.0 Å². The van der Waals surface area contributed by atoms with Gasteiger partial charge in [0.2, 0.25) is 5.88 Å². The molecule has 0 saturated carbocycles. The Morgan fingerprint density at radius 3 is 2.73 bits per heavy atom. The van der Waals surface area contributed by atoms with Gasteiger partial charge in [0.25, 0.3) is 5.91 Å². The quantitative estimate of drug-likeness (QED) is 0.843. The normalized spacial score (nSPS) is 17.0. The number of hydrogen-bond acceptors (Lipinski definition) is 4. The number of nitrogens with zero attached hydrogens (tertiary/aromatic N) is 2. The number of amides is 1. The van der Waals surface area contributed by atoms with Crippen molar-refractivity contribution < 1.29 is 19.4 Å². The third-order valence-electron chi connectivity index (χ3n) is 4.17. The van der Waals surface area contributed by atoms with Crippen LogP contribution in [0.25, 0.3) is 0 Å². The van der Waals surface area contributed by atoms with Crippen LogP contribution in [0.4, 0.5) is 0 Å². The number of carbonyl (C=O) groups excluding carboxylic acids is 1. The predicted molar refractivity (Wildman–Crippen MR) is 97.0 cm³/mol. The van der Waals surface area contributed by atoms with Crippen LogP contribution in [0.5, 0.6) is 11.6 Å². The Kier molecular flexibility index (Phi) is 5.64. The largest absolute Gasteiger partial charge is 0.481 e. The average Bonchev–Trinajstić information content (AvgIpc) is 2.65. The van der Waals surface area contributed by atoms with Gasteiger partial charge in [0.1, 0.15) is 10.8 Å². The molecule has 1 aromatic carbocycles. The second kappa shape index (κ2) is 7.93. The van der Waals surface area contributed by atoms with Gasteiger partial charge >= 0.3 is 5.97 Å². The molecule has 1 fully saturated rings. The molecule has 8 heteroatoms. The summed E-state index contributed by atoms with van der Waals surface area (Å²) in [4.78, 5) is 29.4. The minimum Gasteiger partial charge on any atom is -0.481 e. The first-order chi connectivity index (χ1) is 12.5. The number of carbonyl (C=O) groups is 2. The average molecular weight is 395 g/mol. The van der Waals surface area contributed by atoms with Crippen molar-refractivity contribution in [2.75, 3.05) is 13.1 Å². The molecule has 1 amide bonds. The van der Waals surface area contributed by atoms with Crippen molar-refractivity contribution in [1.82, 2.24) is 9.88 Å². The second-order valence-electron chi connectivity index (χ2n) is 5.97. The number of carboxylic acids is 1. The molecule has 0 aliphatic carbocycles. The highest BCUT2D eigenvalue weighted by molar-refractivity contribution is 6.42. The molecule has 1 aliphatic rings. The van der Waals surface area contributed by atoms with E-state index in [1.54, 1.807) is 35.2 Å². The van der Waals surface area contributed by atoms with Gasteiger partial charge in [0.15, 0.2) is 0 Å². The first kappa shape index (κ1) is 18.5. The van der Waals surface area contributed by atoms with E-state index in [-0.39, 0.29) is 23.4 Å². The van der Waals surface area contributed by atoms with Gasteiger partial charge < -0.3 is 14.7 Å². The summed E-state index contributed by atoms with van der Waals surface area (Å²) in [5, 5.41) is 9.79. The molecule has 0 spiro atoms. The molecule has 1 atom stereocenters. The van der Waals surface area contributed by atoms with Crippen LogP contribution >= 0.6 is 23.2 Å². The van der Waals surface area contributed by atoms with E-state index >= 15 is 0 Å². The standard InChI is InChI=1S/C18H16Cl2N2O4/c19-13-4-1-5-14(16(13)20)26-15-7-6-11(9-21-15)17(23)22-8-2-3-12(10-22)18(24)25/h1,4-7,9,12H,2-3,8,10H2,(H,24,25)/t12-/m0/s1. The Bertz CT molecular complexity index is 826. The molecule has 26 heavy (non-hydrogen) atoms. The number of ether oxygens (including phenoxy) is 1. The Morgan fingerprint density at radius 2 is 2.04 bits per heavy atom. The van der Waals surface area contributed by atoms with Gasteiger partial charge in [-0.1, -0.05) is 29.3 Å². The number of aromatic nitrogens is 1. The maximum atomic E-state index is 12.5. The molecule has 1 N–H and O–H groups in total. The van der Waals surface area contributed by atoms with Crippen LogP contribution in [0.3, 0.4) is 0 Å². The fourth-order valence-corrected chi connectivity index (χ4v) is 3.12. The van der Waals surface area contributed by atoms with Crippen LogP contribution in [-0.2, 0) is 4.79 Å². The van der Waals surface area contributed by atoms with Gasteiger partial charge in [0, 0.05) is 25.4 Å². The Labute approximate surface area is 160 Å². The third kappa shape index (κ3) is 4.08. The van der Waals surface area contributed by atoms with E-state index < -0.39 is 11.9 Å². The third-order valence-corrected chi connectivity index (χ3v) is 4.97. The molecule has 0 unspecified atom stereocenters. The van der Waals surface area contributed by atoms with E-state index in [1.165, 1.54) is 6.20 Å². The SMILES string of the molecule is O=C(O)[C@H]1CCCN(C(=O)c2ccc(Oc3cccc(Cl)c3Cl)nc2)C1. The fraction of sp³-hybridized carbons (Fsp3) is 0.278. The van der Waals surface area contributed by atoms with Crippen molar-refractivity contribution in [1.29, 1.82) is 0 Å². The van der Waals surface area contributed by atoms with Gasteiger partial charge in [-0.2, -0.15) is 0 Å². The smallest absolute Gasteiger partial charge is 0.308 e. The zero-order chi connectivity index (χ0) is 18.7. The highest BCUT2D eigenvalue weighted by Crippen LogP contribution is 2.34. The van der Waals surface area contributed by atoms with Crippen molar-refractivity contribution in [2.45, 2.75) is 12.8 Å². The van der Waals surface area contributed by atoms with E-state index in [1.807, 2.05) is 0 Å². The second-order valence-corrected chi connectivity index (χ2v) is 6.75. The van der Waals surface area contributed by atoms with Gasteiger partial charge in [-0.25, -0.2) is 4.98 Å². The van der Waals surface area contributed by atoms with Crippen LogP contribution in [0.1, 0.15) is 23.2 Å². The van der Waals surface area contributed by atoms with E-state index in [9.17, 15) is 9.59 Å². The summed E-state index contributed by atoms with van der Waals surface area (Å²) in [7, 11) is 0. The van der Waals surface area contributed by atoms with Gasteiger partial charge in [-0.05, 0) is 31.0 Å². The molecule has 3 rings (SSSR count). The summed E-state index contributed by atoms with van der Waals surface area (Å²) in [6, 6.07) is 8.16. The predicted octanol–water partition coefficient (Wildman–Crippen LogP) is 4.12. The van der Waals surface area contributed by atoms with E-state index in [0.29, 0.717) is 35.7 Å². The molecule has 1 saturated heterocycles. The Balaban J connectivity index is 1.70. The monoisotopic (exact) mass is 394 g/mol. The molecular weight excluding hydrogens is 379 g/mol. The summed E-state index contributed by atoms with van der Waals surface area (Å²) in [5.41, 5.74) is 0.376. The number of benzene rings is 1. The van der Waals surface area contributed by atoms with Crippen molar-refractivity contribution in [3.8, 4) is 11.6 Å². The minimum atomic E-state index is -0.872. The summed E-state index contributed by atoms with van der Waals surface area (Å²) in [6.45, 7) is 0.753. The maximum Gasteiger partial charge on any atom is 0.308 e. The summed E-state index contributed by atoms with van der Waals surface area (Å²) in [5.74, 6) is -0.995. The Morgan fingerprint density at radius 1 is 1.23 bits per heavy atom. The Hall–Kier alpha value is -2.31. The van der Waals surface area contributed by atoms with Crippen molar-refractivity contribution in [2.24, 2.45) is 5.92 Å². The van der Waals surface area contributed by atoms with Gasteiger partial charge in [0.05, 0.1) is 16.5 Å². The molecule has 0 radical (unpaired) electrons. The molecular formula is C18H16Cl2N2O4. The molecule has 6 nitrogen and oxygen atoms in total. The number of rotatable bonds is 4. The lowest BCUT2D eigenvalue weighted by Crippen LogP contribution is -2.42. The maximum absolute atomic E-state index is 12.5. The van der Waals surface area contributed by atoms with Gasteiger partial charge in [-0.15, -0.1) is 0 Å². The van der Waals surface area contributed by atoms with Crippen LogP contribution in [0.15, 0.2) is 36.5 Å². The summed E-state index contributed by atoms with van der Waals surface area (Å²) < 4.78 is 5.59. The molecule has 1 aliphatic heterocycles. The zero-order valence-corrected chi connectivity index (χ0v) is 15.2. The molecule has 1 aromatic heterocycles. The van der Waals surface area contributed by atoms with Crippen LogP contribution < -0.4 is 4.74 Å². The number of carboxylic acid groups (broad SMARTS) is 1. The number of likely N-dealkylation sites (tertiary alicyclic amines) is 1. The number of hydrogen-bond donors (Lipinski definition) is 1. The fourth-order valence-electron chi connectivity index (χ4n) is 2.79. The molecule has 2 aromatic rings. The minimum absolute atomic E-state index is 0.213. The topological polar surface area (TPSA) is 79.7 Å². The molecule has 136 valence electrons. The number of pyridine rings is 1. The summed E-state index contributed by atoms with van der Waals surface area (Å²) in [6.07, 6.45) is 2.66. The molecule has 0 bridgehead atoms. The lowest BCUT2D eigenvalue weighted by atomic mass is 9.98. The number of halogens is 2. The number of piperidine rings is 1. The lowest BCUT2D eigenvalue weighted by Gasteiger charge is -2.30. The van der Waals surface area contributed by atoms with Crippen LogP contribution in [0, 0.1) is 5.92 Å². The number of aliphatic carboxylic acids is 1. The first-order valence-electron chi connectivity index (χ1n) is 8.05. The van der Waals surface area contributed by atoms with Crippen LogP contribution in [0.2, 0.25) is 10.0 Å². The van der Waals surface area contributed by atoms with Gasteiger partial charge in [-0.3, -0.25) is 9.59 Å². The highest BCUT2D eigenvalue weighted by Gasteiger charge is 2.28.